The van der Waals surface area contributed by atoms with Crippen LogP contribution in [-0.4, -0.2) is 34.5 Å². The predicted octanol–water partition coefficient (Wildman–Crippen LogP) is 6.52. The second-order valence-electron chi connectivity index (χ2n) is 8.63. The first-order valence-corrected chi connectivity index (χ1v) is 12.4. The number of aryl methyl sites for hydroxylation is 2. The van der Waals surface area contributed by atoms with E-state index >= 15 is 0 Å². The molecule has 0 aliphatic heterocycles. The fourth-order valence-electron chi connectivity index (χ4n) is 2.66. The van der Waals surface area contributed by atoms with Crippen LogP contribution in [0.3, 0.4) is 0 Å². The average molecular weight is 466 g/mol. The number of aromatic nitrogens is 1. The van der Waals surface area contributed by atoms with Crippen molar-refractivity contribution in [3.05, 3.63) is 37.0 Å². The topological polar surface area (TPSA) is 30.0 Å². The van der Waals surface area contributed by atoms with Crippen molar-refractivity contribution in [3.8, 4) is 0 Å². The molecule has 0 aliphatic rings. The summed E-state index contributed by atoms with van der Waals surface area (Å²) in [6.45, 7) is 21.6. The molecular weight excluding hydrogens is 427 g/mol. The van der Waals surface area contributed by atoms with Crippen LogP contribution in [0.4, 0.5) is 0 Å². The van der Waals surface area contributed by atoms with E-state index < -0.39 is 15.1 Å². The molecule has 0 bridgehead atoms. The molecule has 0 N–H and O–H groups in total. The molecule has 5 heteroatoms. The van der Waals surface area contributed by atoms with Crippen LogP contribution in [0.15, 0.2) is 18.2 Å². The normalized spacial score (nSPS) is 11.8. The van der Waals surface area contributed by atoms with Crippen molar-refractivity contribution in [2.24, 2.45) is 0 Å². The van der Waals surface area contributed by atoms with E-state index in [4.69, 9.17) is 0 Å². The van der Waals surface area contributed by atoms with E-state index in [1.807, 2.05) is 45.4 Å². The van der Waals surface area contributed by atoms with E-state index in [1.54, 1.807) is 0 Å². The molecule has 0 unspecified atom stereocenters. The third kappa shape index (κ3) is 13.7. The summed E-state index contributed by atoms with van der Waals surface area (Å²) in [6.07, 6.45) is 0. The van der Waals surface area contributed by atoms with Crippen molar-refractivity contribution in [2.45, 2.75) is 65.7 Å². The number of rotatable bonds is 2. The van der Waals surface area contributed by atoms with Crippen LogP contribution in [0.5, 0.6) is 0 Å². The molecule has 0 saturated carbocycles. The molecule has 146 valence electrons. The van der Waals surface area contributed by atoms with E-state index in [-0.39, 0.29) is 27.8 Å². The number of pyridine rings is 1. The Balaban J connectivity index is -0.000000378. The van der Waals surface area contributed by atoms with Crippen LogP contribution in [-0.2, 0) is 25.0 Å². The van der Waals surface area contributed by atoms with Crippen molar-refractivity contribution >= 4 is 15.1 Å². The van der Waals surface area contributed by atoms with E-state index in [0.29, 0.717) is 10.3 Å². The Labute approximate surface area is 166 Å². The molecule has 0 spiro atoms. The molecule has 1 aromatic heterocycles. The Kier molecular flexibility index (Phi) is 13.7. The van der Waals surface area contributed by atoms with Crippen LogP contribution < -0.4 is 0 Å². The van der Waals surface area contributed by atoms with Gasteiger partial charge in [-0.3, -0.25) is 4.98 Å². The van der Waals surface area contributed by atoms with Crippen molar-refractivity contribution in [2.75, 3.05) is 19.2 Å². The van der Waals surface area contributed by atoms with Gasteiger partial charge in [-0.15, -0.1) is 0 Å². The summed E-state index contributed by atoms with van der Waals surface area (Å²) in [5, 5.41) is 0.676. The van der Waals surface area contributed by atoms with Gasteiger partial charge >= 0.3 is 0 Å². The molecular formula is C19H39NOP2Pd. The SMILES string of the molecule is CC(C)(C)[PH+](CP(C)(C)=O)C(C)(C)C.Cc1cccc(C)n1.[CH3-].[Pd]. The molecule has 2 nitrogen and oxygen atoms in total. The monoisotopic (exact) mass is 465 g/mol. The molecule has 0 radical (unpaired) electrons. The molecule has 0 aromatic carbocycles. The van der Waals surface area contributed by atoms with Gasteiger partial charge in [-0.2, -0.15) is 0 Å². The summed E-state index contributed by atoms with van der Waals surface area (Å²) in [6, 6.07) is 6.00. The zero-order valence-corrected chi connectivity index (χ0v) is 21.0. The zero-order chi connectivity index (χ0) is 17.8. The van der Waals surface area contributed by atoms with Crippen LogP contribution >= 0.6 is 15.1 Å². The van der Waals surface area contributed by atoms with E-state index in [2.05, 4.69) is 46.5 Å². The number of hydrogen-bond donors (Lipinski definition) is 0. The summed E-state index contributed by atoms with van der Waals surface area (Å²) < 4.78 is 11.9. The van der Waals surface area contributed by atoms with Crippen LogP contribution in [0.2, 0.25) is 0 Å². The maximum atomic E-state index is 11.9. The van der Waals surface area contributed by atoms with Gasteiger partial charge in [0.15, 0.2) is 0 Å². The molecule has 24 heavy (non-hydrogen) atoms. The van der Waals surface area contributed by atoms with Gasteiger partial charge in [0.05, 0.1) is 10.3 Å². The van der Waals surface area contributed by atoms with E-state index in [0.717, 1.165) is 17.3 Å². The summed E-state index contributed by atoms with van der Waals surface area (Å²) in [5.41, 5.74) is 2.18. The quantitative estimate of drug-likeness (QED) is 0.282. The van der Waals surface area contributed by atoms with Crippen LogP contribution in [0.25, 0.3) is 0 Å². The third-order valence-corrected chi connectivity index (χ3v) is 11.3. The number of hydrogen-bond acceptors (Lipinski definition) is 2. The Morgan fingerprint density at radius 2 is 1.29 bits per heavy atom. The Morgan fingerprint density at radius 1 is 0.958 bits per heavy atom. The van der Waals surface area contributed by atoms with Crippen molar-refractivity contribution in [1.29, 1.82) is 0 Å². The fraction of sp³-hybridized carbons (Fsp3) is 0.684. The predicted molar refractivity (Wildman–Crippen MR) is 112 cm³/mol. The standard InChI is InChI=1S/C11H26OP2.C7H9N.CH3.Pd/c1-10(2,3)13(11(4,5)6)9-14(7,8)12;1-6-4-3-5-7(2)8-6;;/h9H2,1-8H3;3-5H,1-2H3;1H3;/q;;-1;/p+1. The second-order valence-corrected chi connectivity index (χ2v) is 17.0. The van der Waals surface area contributed by atoms with Gasteiger partial charge in [-0.25, -0.2) is 0 Å². The summed E-state index contributed by atoms with van der Waals surface area (Å²) in [5.74, 6) is 0.963. The van der Waals surface area contributed by atoms with Gasteiger partial charge in [0.25, 0.3) is 0 Å². The largest absolute Gasteiger partial charge is 0.358 e. The first-order valence-electron chi connectivity index (χ1n) is 7.94. The Hall–Kier alpha value is 0.472. The van der Waals surface area contributed by atoms with Gasteiger partial charge in [0.2, 0.25) is 0 Å². The molecule has 1 heterocycles. The molecule has 0 atom stereocenters. The van der Waals surface area contributed by atoms with Crippen molar-refractivity contribution < 1.29 is 25.0 Å². The Morgan fingerprint density at radius 3 is 1.42 bits per heavy atom. The zero-order valence-electron chi connectivity index (χ0n) is 17.6. The number of nitrogens with zero attached hydrogens (tertiary/aromatic N) is 1. The van der Waals surface area contributed by atoms with E-state index in [9.17, 15) is 4.57 Å². The van der Waals surface area contributed by atoms with Gasteiger partial charge in [-0.1, -0.05) is 6.07 Å². The molecule has 0 amide bonds. The van der Waals surface area contributed by atoms with Crippen LogP contribution in [0, 0.1) is 21.3 Å². The minimum absolute atomic E-state index is 0. The van der Waals surface area contributed by atoms with Gasteiger partial charge in [0.1, 0.15) is 13.0 Å². The Bertz CT molecular complexity index is 482. The first-order chi connectivity index (χ1) is 9.63. The third-order valence-electron chi connectivity index (χ3n) is 3.38. The maximum absolute atomic E-state index is 11.9. The molecule has 0 fully saturated rings. The maximum Gasteiger partial charge on any atom is 0.117 e. The van der Waals surface area contributed by atoms with Crippen molar-refractivity contribution in [3.63, 3.8) is 0 Å². The van der Waals surface area contributed by atoms with E-state index in [1.165, 1.54) is 0 Å². The summed E-state index contributed by atoms with van der Waals surface area (Å²) in [7, 11) is -2.47. The molecule has 0 aliphatic carbocycles. The van der Waals surface area contributed by atoms with Crippen molar-refractivity contribution in [1.82, 2.24) is 4.98 Å². The van der Waals surface area contributed by atoms with Gasteiger partial charge in [-0.05, 0) is 80.9 Å². The van der Waals surface area contributed by atoms with Crippen LogP contribution in [0.1, 0.15) is 52.9 Å². The molecule has 0 saturated heterocycles. The summed E-state index contributed by atoms with van der Waals surface area (Å²) >= 11 is 0. The molecule has 1 rings (SSSR count). The second kappa shape index (κ2) is 11.2. The minimum atomic E-state index is -1.87. The smallest absolute Gasteiger partial charge is 0.117 e. The fourth-order valence-corrected chi connectivity index (χ4v) is 11.8. The minimum Gasteiger partial charge on any atom is -0.358 e. The average Bonchev–Trinajstić information content (AvgIpc) is 2.22. The summed E-state index contributed by atoms with van der Waals surface area (Å²) in [4.78, 5) is 4.17. The molecule has 1 aromatic rings. The van der Waals surface area contributed by atoms with Gasteiger partial charge < -0.3 is 12.0 Å². The first kappa shape index (κ1) is 29.2. The van der Waals surface area contributed by atoms with Gasteiger partial charge in [0, 0.05) is 39.7 Å².